The number of carbonyl (C=O) groups excluding carboxylic acids is 1. The summed E-state index contributed by atoms with van der Waals surface area (Å²) in [6.07, 6.45) is 17.2. The number of hydrogen-bond acceptors (Lipinski definition) is 2. The first kappa shape index (κ1) is 20.9. The molecule has 0 aromatic carbocycles. The van der Waals surface area contributed by atoms with Crippen molar-refractivity contribution < 1.29 is 9.53 Å². The highest BCUT2D eigenvalue weighted by Crippen LogP contribution is 2.16. The lowest BCUT2D eigenvalue weighted by atomic mass is 10.0. The molecule has 0 heterocycles. The van der Waals surface area contributed by atoms with Crippen molar-refractivity contribution in [3.8, 4) is 0 Å². The van der Waals surface area contributed by atoms with Gasteiger partial charge < -0.3 is 4.74 Å². The lowest BCUT2D eigenvalue weighted by Crippen LogP contribution is -2.17. The Balaban J connectivity index is 3.23. The SMILES string of the molecule is CCCCCCCCCCCCCC[C@@H](CBr)C(=O)OC. The zero-order valence-corrected chi connectivity index (χ0v) is 15.8. The fourth-order valence-electron chi connectivity index (χ4n) is 2.66. The van der Waals surface area contributed by atoms with E-state index < -0.39 is 0 Å². The lowest BCUT2D eigenvalue weighted by Gasteiger charge is -2.10. The Morgan fingerprint density at radius 1 is 0.857 bits per heavy atom. The quantitative estimate of drug-likeness (QED) is 0.195. The summed E-state index contributed by atoms with van der Waals surface area (Å²) in [5.74, 6) is -0.0342. The smallest absolute Gasteiger partial charge is 0.309 e. The van der Waals surface area contributed by atoms with Crippen molar-refractivity contribution in [2.24, 2.45) is 5.92 Å². The standard InChI is InChI=1S/C18H35BrO2/c1-3-4-5-6-7-8-9-10-11-12-13-14-15-17(16-19)18(20)21-2/h17H,3-16H2,1-2H3/t17-/m0/s1. The van der Waals surface area contributed by atoms with Gasteiger partial charge in [-0.05, 0) is 6.42 Å². The molecule has 126 valence electrons. The molecule has 0 amide bonds. The van der Waals surface area contributed by atoms with Crippen LogP contribution in [0.5, 0.6) is 0 Å². The Morgan fingerprint density at radius 3 is 1.67 bits per heavy atom. The van der Waals surface area contributed by atoms with Gasteiger partial charge >= 0.3 is 5.97 Å². The zero-order chi connectivity index (χ0) is 15.8. The minimum atomic E-state index is -0.0741. The van der Waals surface area contributed by atoms with Crippen molar-refractivity contribution in [2.45, 2.75) is 90.4 Å². The van der Waals surface area contributed by atoms with Crippen molar-refractivity contribution in [1.82, 2.24) is 0 Å². The summed E-state index contributed by atoms with van der Waals surface area (Å²) < 4.78 is 4.79. The van der Waals surface area contributed by atoms with E-state index in [1.54, 1.807) is 0 Å². The molecule has 21 heavy (non-hydrogen) atoms. The second-order valence-corrected chi connectivity index (χ2v) is 6.70. The first-order chi connectivity index (χ1) is 10.3. The third kappa shape index (κ3) is 13.3. The molecule has 0 aromatic rings. The second-order valence-electron chi connectivity index (χ2n) is 6.05. The zero-order valence-electron chi connectivity index (χ0n) is 14.2. The van der Waals surface area contributed by atoms with Crippen LogP contribution < -0.4 is 0 Å². The number of alkyl halides is 1. The van der Waals surface area contributed by atoms with Crippen LogP contribution in [0.4, 0.5) is 0 Å². The normalized spacial score (nSPS) is 12.3. The molecule has 2 nitrogen and oxygen atoms in total. The minimum Gasteiger partial charge on any atom is -0.469 e. The van der Waals surface area contributed by atoms with Crippen LogP contribution in [0.25, 0.3) is 0 Å². The lowest BCUT2D eigenvalue weighted by molar-refractivity contribution is -0.144. The molecule has 0 fully saturated rings. The van der Waals surface area contributed by atoms with Gasteiger partial charge in [-0.2, -0.15) is 0 Å². The molecule has 0 spiro atoms. The molecule has 0 unspecified atom stereocenters. The molecule has 0 aliphatic carbocycles. The van der Waals surface area contributed by atoms with Crippen molar-refractivity contribution >= 4 is 21.9 Å². The van der Waals surface area contributed by atoms with Gasteiger partial charge in [-0.15, -0.1) is 0 Å². The maximum Gasteiger partial charge on any atom is 0.309 e. The summed E-state index contributed by atoms with van der Waals surface area (Å²) in [6.45, 7) is 2.27. The van der Waals surface area contributed by atoms with Crippen LogP contribution in [0.15, 0.2) is 0 Å². The molecule has 0 saturated heterocycles. The number of hydrogen-bond donors (Lipinski definition) is 0. The molecule has 3 heteroatoms. The molecule has 0 aliphatic rings. The van der Waals surface area contributed by atoms with E-state index in [4.69, 9.17) is 4.74 Å². The summed E-state index contributed by atoms with van der Waals surface area (Å²) >= 11 is 3.39. The Hall–Kier alpha value is -0.0500. The van der Waals surface area contributed by atoms with Gasteiger partial charge in [0.15, 0.2) is 0 Å². The fraction of sp³-hybridized carbons (Fsp3) is 0.944. The molecule has 0 aromatic heterocycles. The van der Waals surface area contributed by atoms with E-state index in [-0.39, 0.29) is 11.9 Å². The van der Waals surface area contributed by atoms with Gasteiger partial charge in [-0.25, -0.2) is 0 Å². The molecule has 0 bridgehead atoms. The number of methoxy groups -OCH3 is 1. The number of halogens is 1. The Labute approximate surface area is 140 Å². The van der Waals surface area contributed by atoms with Gasteiger partial charge in [0.05, 0.1) is 13.0 Å². The minimum absolute atomic E-state index is 0.0399. The number of ether oxygens (including phenoxy) is 1. The van der Waals surface area contributed by atoms with Gasteiger partial charge in [0, 0.05) is 5.33 Å². The van der Waals surface area contributed by atoms with Crippen molar-refractivity contribution in [2.75, 3.05) is 12.4 Å². The molecule has 0 saturated carbocycles. The summed E-state index contributed by atoms with van der Waals surface area (Å²) in [5.41, 5.74) is 0. The van der Waals surface area contributed by atoms with Crippen LogP contribution >= 0.6 is 15.9 Å². The van der Waals surface area contributed by atoms with E-state index in [1.165, 1.54) is 77.7 Å². The van der Waals surface area contributed by atoms with Crippen molar-refractivity contribution in [3.63, 3.8) is 0 Å². The molecule has 0 radical (unpaired) electrons. The highest BCUT2D eigenvalue weighted by molar-refractivity contribution is 9.09. The monoisotopic (exact) mass is 362 g/mol. The van der Waals surface area contributed by atoms with Crippen LogP contribution in [0.3, 0.4) is 0 Å². The number of rotatable bonds is 15. The number of esters is 1. The number of unbranched alkanes of at least 4 members (excludes halogenated alkanes) is 11. The van der Waals surface area contributed by atoms with Gasteiger partial charge in [0.2, 0.25) is 0 Å². The van der Waals surface area contributed by atoms with Gasteiger partial charge in [-0.3, -0.25) is 4.79 Å². The largest absolute Gasteiger partial charge is 0.469 e. The van der Waals surface area contributed by atoms with E-state index >= 15 is 0 Å². The molecule has 0 aliphatic heterocycles. The average molecular weight is 363 g/mol. The number of carbonyl (C=O) groups is 1. The van der Waals surface area contributed by atoms with Gasteiger partial charge in [-0.1, -0.05) is 99.9 Å². The Morgan fingerprint density at radius 2 is 1.29 bits per heavy atom. The van der Waals surface area contributed by atoms with E-state index in [2.05, 4.69) is 22.9 Å². The summed E-state index contributed by atoms with van der Waals surface area (Å²) in [6, 6.07) is 0. The van der Waals surface area contributed by atoms with Crippen LogP contribution in [0, 0.1) is 5.92 Å². The molecule has 0 rings (SSSR count). The highest BCUT2D eigenvalue weighted by atomic mass is 79.9. The Bertz CT molecular complexity index is 231. The average Bonchev–Trinajstić information content (AvgIpc) is 2.51. The summed E-state index contributed by atoms with van der Waals surface area (Å²) in [7, 11) is 1.47. The molecular weight excluding hydrogens is 328 g/mol. The molecule has 1 atom stereocenters. The summed E-state index contributed by atoms with van der Waals surface area (Å²) in [4.78, 5) is 11.4. The first-order valence-electron chi connectivity index (χ1n) is 8.90. The van der Waals surface area contributed by atoms with Crippen LogP contribution in [0.2, 0.25) is 0 Å². The fourth-order valence-corrected chi connectivity index (χ4v) is 3.24. The highest BCUT2D eigenvalue weighted by Gasteiger charge is 2.16. The predicted octanol–water partition coefficient (Wildman–Crippen LogP) is 6.26. The third-order valence-electron chi connectivity index (χ3n) is 4.13. The third-order valence-corrected chi connectivity index (χ3v) is 4.91. The van der Waals surface area contributed by atoms with E-state index in [0.717, 1.165) is 18.2 Å². The molecular formula is C18H35BrO2. The van der Waals surface area contributed by atoms with Crippen molar-refractivity contribution in [3.05, 3.63) is 0 Å². The Kier molecular flexibility index (Phi) is 16.3. The van der Waals surface area contributed by atoms with E-state index in [1.807, 2.05) is 0 Å². The first-order valence-corrected chi connectivity index (χ1v) is 10.0. The van der Waals surface area contributed by atoms with E-state index in [9.17, 15) is 4.79 Å². The van der Waals surface area contributed by atoms with Crippen LogP contribution in [0.1, 0.15) is 90.4 Å². The molecule has 0 N–H and O–H groups in total. The van der Waals surface area contributed by atoms with Gasteiger partial charge in [0.25, 0.3) is 0 Å². The summed E-state index contributed by atoms with van der Waals surface area (Å²) in [5, 5.41) is 0.720. The maximum atomic E-state index is 11.4. The maximum absolute atomic E-state index is 11.4. The predicted molar refractivity (Wildman–Crippen MR) is 95.0 cm³/mol. The van der Waals surface area contributed by atoms with Crippen LogP contribution in [-0.2, 0) is 9.53 Å². The van der Waals surface area contributed by atoms with Gasteiger partial charge in [0.1, 0.15) is 0 Å². The van der Waals surface area contributed by atoms with Crippen LogP contribution in [-0.4, -0.2) is 18.4 Å². The van der Waals surface area contributed by atoms with E-state index in [0.29, 0.717) is 0 Å². The second kappa shape index (κ2) is 16.3. The topological polar surface area (TPSA) is 26.3 Å². The van der Waals surface area contributed by atoms with Crippen molar-refractivity contribution in [1.29, 1.82) is 0 Å².